The van der Waals surface area contributed by atoms with Crippen molar-refractivity contribution in [2.24, 2.45) is 5.73 Å². The van der Waals surface area contributed by atoms with Gasteiger partial charge in [0.05, 0.1) is 6.04 Å². The summed E-state index contributed by atoms with van der Waals surface area (Å²) in [5, 5.41) is 21.5. The Hall–Kier alpha value is -5.38. The highest BCUT2D eigenvalue weighted by atomic mass is 16.2. The van der Waals surface area contributed by atoms with Gasteiger partial charge in [-0.1, -0.05) is 130 Å². The third kappa shape index (κ3) is 30.8. The van der Waals surface area contributed by atoms with Crippen molar-refractivity contribution in [2.75, 3.05) is 65.4 Å². The summed E-state index contributed by atoms with van der Waals surface area (Å²) >= 11 is 0. The molecular weight excluding hydrogens is 1190 g/mol. The molecule has 4 aliphatic heterocycles. The van der Waals surface area contributed by atoms with E-state index in [0.717, 1.165) is 154 Å². The zero-order valence-electron chi connectivity index (χ0n) is 59.1. The Bertz CT molecular complexity index is 2240. The number of likely N-dealkylation sites (tertiary alicyclic amines) is 4. The van der Waals surface area contributed by atoms with Gasteiger partial charge < -0.3 is 62.6 Å². The molecule has 0 aromatic carbocycles. The van der Waals surface area contributed by atoms with Crippen LogP contribution in [0.1, 0.15) is 291 Å². The zero-order chi connectivity index (χ0) is 68.1. The van der Waals surface area contributed by atoms with Gasteiger partial charge in [0.1, 0.15) is 30.2 Å². The fraction of sp³-hybridized carbons (Fsp3) is 0.861. The number of carbonyl (C=O) groups is 10. The van der Waals surface area contributed by atoms with Crippen LogP contribution in [0.5, 0.6) is 0 Å². The molecule has 22 nitrogen and oxygen atoms in total. The molecule has 4 saturated heterocycles. The lowest BCUT2D eigenvalue weighted by Crippen LogP contribution is -2.56. The van der Waals surface area contributed by atoms with Crippen LogP contribution in [0.4, 0.5) is 0 Å². The number of rotatable bonds is 52. The van der Waals surface area contributed by atoms with Crippen LogP contribution in [0, 0.1) is 0 Å². The van der Waals surface area contributed by atoms with Crippen LogP contribution in [-0.4, -0.2) is 186 Å². The van der Waals surface area contributed by atoms with Crippen LogP contribution >= 0.6 is 0 Å². The largest absolute Gasteiger partial charge is 0.355 e. The van der Waals surface area contributed by atoms with E-state index in [0.29, 0.717) is 149 Å². The first-order valence-electron chi connectivity index (χ1n) is 38.0. The Morgan fingerprint density at radius 1 is 0.351 bits per heavy atom. The number of amides is 10. The second-order valence-electron chi connectivity index (χ2n) is 27.3. The monoisotopic (exact) mass is 1320 g/mol. The molecule has 4 aliphatic rings. The van der Waals surface area contributed by atoms with Crippen molar-refractivity contribution in [2.45, 2.75) is 333 Å². The van der Waals surface area contributed by atoms with Crippen LogP contribution in [0.2, 0.25) is 0 Å². The van der Waals surface area contributed by atoms with Gasteiger partial charge in [-0.15, -0.1) is 0 Å². The molecule has 94 heavy (non-hydrogen) atoms. The minimum atomic E-state index is -1.06. The average molecular weight is 1320 g/mol. The molecular formula is C72H130N12O10. The SMILES string of the molecule is CCCCCCCC(=O)N1CCCC1CNC(CCCCNC(=O)C1CCCN1C(=O)CCCCCCC)C(=O)NCCCCC(NC(=O)C(CCCCNC(=O)C1CCCN1C(=O)CCCCCCC)NC(=O)C1CCCN1C(=O)CCCCCCC)C(=O)NCCN. The lowest BCUT2D eigenvalue weighted by molar-refractivity contribution is -0.140. The highest BCUT2D eigenvalue weighted by Crippen LogP contribution is 2.25. The quantitative estimate of drug-likeness (QED) is 0.0267. The maximum atomic E-state index is 14.5. The van der Waals surface area contributed by atoms with Gasteiger partial charge in [-0.05, 0) is 135 Å². The summed E-state index contributed by atoms with van der Waals surface area (Å²) in [7, 11) is 0. The number of unbranched alkanes of at least 4 members (excludes halogenated alkanes) is 19. The first-order chi connectivity index (χ1) is 45.7. The van der Waals surface area contributed by atoms with E-state index in [1.807, 2.05) is 4.90 Å². The van der Waals surface area contributed by atoms with E-state index in [4.69, 9.17) is 5.73 Å². The Labute approximate surface area is 565 Å². The van der Waals surface area contributed by atoms with Gasteiger partial charge in [0.15, 0.2) is 0 Å². The molecule has 4 fully saturated rings. The molecule has 7 atom stereocenters. The van der Waals surface area contributed by atoms with Gasteiger partial charge >= 0.3 is 0 Å². The molecule has 4 rings (SSSR count). The van der Waals surface area contributed by atoms with Crippen molar-refractivity contribution < 1.29 is 47.9 Å². The predicted molar refractivity (Wildman–Crippen MR) is 371 cm³/mol. The molecule has 538 valence electrons. The van der Waals surface area contributed by atoms with Gasteiger partial charge in [0.25, 0.3) is 0 Å². The molecule has 0 saturated carbocycles. The molecule has 0 aliphatic carbocycles. The van der Waals surface area contributed by atoms with E-state index >= 15 is 0 Å². The molecule has 9 N–H and O–H groups in total. The first kappa shape index (κ1) is 81.1. The van der Waals surface area contributed by atoms with Gasteiger partial charge in [-0.2, -0.15) is 0 Å². The minimum Gasteiger partial charge on any atom is -0.355 e. The summed E-state index contributed by atoms with van der Waals surface area (Å²) in [4.78, 5) is 144. The fourth-order valence-electron chi connectivity index (χ4n) is 13.9. The standard InChI is InChI=1S/C72H130N12O10/c1-5-9-13-17-21-42-63(85)81-51-31-35-56(81)55-78-57(36-25-28-48-75-70(92)60-39-32-52-82(60)64(86)43-22-18-14-10-6-2)67(89)74-47-29-26-37-58(68(90)77-50-46-73)79-69(91)59(80-72(94)62-41-34-54-84(62)66(88)45-24-20-16-12-8-4)38-27-30-49-76-71(93)61-40-33-53-83(61)65(87)44-23-19-15-11-7-3/h56-62,78H,5-55,73H2,1-4H3,(H,74,89)(H,75,92)(H,76,93)(H,77,90)(H,79,91)(H,80,94). The van der Waals surface area contributed by atoms with Crippen molar-refractivity contribution >= 4 is 59.1 Å². The first-order valence-corrected chi connectivity index (χ1v) is 38.0. The highest BCUT2D eigenvalue weighted by molar-refractivity contribution is 5.95. The lowest BCUT2D eigenvalue weighted by Gasteiger charge is -2.28. The maximum absolute atomic E-state index is 14.5. The second kappa shape index (κ2) is 49.2. The Morgan fingerprint density at radius 3 is 1.12 bits per heavy atom. The third-order valence-electron chi connectivity index (χ3n) is 19.6. The summed E-state index contributed by atoms with van der Waals surface area (Å²) < 4.78 is 0. The molecule has 0 spiro atoms. The van der Waals surface area contributed by atoms with Crippen molar-refractivity contribution in [1.82, 2.24) is 56.8 Å². The normalized spacial score (nSPS) is 18.8. The number of carbonyl (C=O) groups excluding carboxylic acids is 10. The van der Waals surface area contributed by atoms with E-state index in [9.17, 15) is 47.9 Å². The number of nitrogens with one attached hydrogen (secondary N) is 7. The van der Waals surface area contributed by atoms with E-state index in [1.165, 1.54) is 0 Å². The van der Waals surface area contributed by atoms with Crippen LogP contribution in [-0.2, 0) is 47.9 Å². The lowest BCUT2D eigenvalue weighted by atomic mass is 10.0. The van der Waals surface area contributed by atoms with Crippen LogP contribution in [0.25, 0.3) is 0 Å². The Kier molecular flexibility index (Phi) is 42.4. The molecule has 7 unspecified atom stereocenters. The summed E-state index contributed by atoms with van der Waals surface area (Å²) in [6, 6.07) is -4.36. The van der Waals surface area contributed by atoms with E-state index in [2.05, 4.69) is 64.9 Å². The maximum Gasteiger partial charge on any atom is 0.243 e. The molecule has 0 aromatic heterocycles. The summed E-state index contributed by atoms with van der Waals surface area (Å²) in [5.41, 5.74) is 5.81. The Balaban J connectivity index is 1.38. The van der Waals surface area contributed by atoms with Crippen LogP contribution in [0.15, 0.2) is 0 Å². The van der Waals surface area contributed by atoms with Gasteiger partial charge in [0, 0.05) is 97.2 Å². The average Bonchev–Trinajstić information content (AvgIpc) is 1.79. The molecule has 0 radical (unpaired) electrons. The fourth-order valence-corrected chi connectivity index (χ4v) is 13.9. The van der Waals surface area contributed by atoms with Crippen molar-refractivity contribution in [3.05, 3.63) is 0 Å². The molecule has 0 aromatic rings. The van der Waals surface area contributed by atoms with Crippen molar-refractivity contribution in [3.63, 3.8) is 0 Å². The summed E-state index contributed by atoms with van der Waals surface area (Å²) in [5.74, 6) is -1.78. The van der Waals surface area contributed by atoms with Crippen molar-refractivity contribution in [1.29, 1.82) is 0 Å². The number of hydrogen-bond acceptors (Lipinski definition) is 12. The molecule has 22 heteroatoms. The van der Waals surface area contributed by atoms with Gasteiger partial charge in [0.2, 0.25) is 59.1 Å². The van der Waals surface area contributed by atoms with E-state index < -0.39 is 54.0 Å². The number of hydrogen-bond donors (Lipinski definition) is 8. The topological polar surface area (TPSA) is 294 Å². The van der Waals surface area contributed by atoms with E-state index in [1.54, 1.807) is 14.7 Å². The predicted octanol–water partition coefficient (Wildman–Crippen LogP) is 8.25. The Morgan fingerprint density at radius 2 is 0.691 bits per heavy atom. The molecule has 10 amide bonds. The van der Waals surface area contributed by atoms with Crippen LogP contribution < -0.4 is 43.0 Å². The zero-order valence-corrected chi connectivity index (χ0v) is 59.1. The highest BCUT2D eigenvalue weighted by Gasteiger charge is 2.38. The summed E-state index contributed by atoms with van der Waals surface area (Å²) in [6.07, 6.45) is 32.2. The number of nitrogens with zero attached hydrogens (tertiary/aromatic N) is 4. The minimum absolute atomic E-state index is 0.0154. The van der Waals surface area contributed by atoms with Crippen LogP contribution in [0.3, 0.4) is 0 Å². The smallest absolute Gasteiger partial charge is 0.243 e. The van der Waals surface area contributed by atoms with E-state index in [-0.39, 0.29) is 73.3 Å². The van der Waals surface area contributed by atoms with Gasteiger partial charge in [-0.3, -0.25) is 47.9 Å². The van der Waals surface area contributed by atoms with Crippen molar-refractivity contribution in [3.8, 4) is 0 Å². The number of nitrogens with two attached hydrogens (primary N) is 1. The molecule has 4 heterocycles. The molecule has 0 bridgehead atoms. The second-order valence-corrected chi connectivity index (χ2v) is 27.3. The van der Waals surface area contributed by atoms with Gasteiger partial charge in [-0.25, -0.2) is 0 Å². The summed E-state index contributed by atoms with van der Waals surface area (Å²) in [6.45, 7) is 12.8. The third-order valence-corrected chi connectivity index (χ3v) is 19.6.